The second kappa shape index (κ2) is 4.19. The summed E-state index contributed by atoms with van der Waals surface area (Å²) in [5, 5.41) is -0.854. The lowest BCUT2D eigenvalue weighted by Crippen LogP contribution is -2.03. The van der Waals surface area contributed by atoms with Crippen molar-refractivity contribution < 1.29 is 13.6 Å². The minimum absolute atomic E-state index is 0.137. The highest BCUT2D eigenvalue weighted by molar-refractivity contribution is 6.68. The number of carbonyl (C=O) groups is 1. The summed E-state index contributed by atoms with van der Waals surface area (Å²) in [6, 6.07) is 1.10. The van der Waals surface area contributed by atoms with Gasteiger partial charge in [-0.2, -0.15) is 0 Å². The Labute approximate surface area is 88.8 Å². The second-order valence-corrected chi connectivity index (χ2v) is 3.31. The fraction of sp³-hybridized carbons (Fsp3) is 0.250. The van der Waals surface area contributed by atoms with Gasteiger partial charge in [0.15, 0.2) is 0 Å². The third-order valence-corrected chi connectivity index (χ3v) is 2.19. The first kappa shape index (κ1) is 11.3. The van der Waals surface area contributed by atoms with Gasteiger partial charge in [0.1, 0.15) is 5.69 Å². The number of aryl methyl sites for hydroxylation is 1. The fourth-order valence-corrected chi connectivity index (χ4v) is 1.23. The van der Waals surface area contributed by atoms with E-state index in [1.807, 2.05) is 0 Å². The van der Waals surface area contributed by atoms with Crippen LogP contribution >= 0.6 is 23.2 Å². The van der Waals surface area contributed by atoms with Crippen molar-refractivity contribution in [3.63, 3.8) is 0 Å². The lowest BCUT2D eigenvalue weighted by Gasteiger charge is -2.06. The van der Waals surface area contributed by atoms with Gasteiger partial charge in [-0.25, -0.2) is 13.8 Å². The number of aromatic nitrogens is 1. The highest BCUT2D eigenvalue weighted by Gasteiger charge is 2.20. The smallest absolute Gasteiger partial charge is 0.276 e. The second-order valence-electron chi connectivity index (χ2n) is 2.56. The summed E-state index contributed by atoms with van der Waals surface area (Å²) < 4.78 is 24.8. The average Bonchev–Trinajstić information content (AvgIpc) is 2.08. The van der Waals surface area contributed by atoms with Gasteiger partial charge >= 0.3 is 0 Å². The Kier molecular flexibility index (Phi) is 3.39. The molecule has 0 aliphatic heterocycles. The van der Waals surface area contributed by atoms with Crippen LogP contribution in [-0.2, 0) is 0 Å². The van der Waals surface area contributed by atoms with Crippen molar-refractivity contribution in [1.29, 1.82) is 0 Å². The molecular formula is C8H5Cl2F2NO. The summed E-state index contributed by atoms with van der Waals surface area (Å²) >= 11 is 10.7. The summed E-state index contributed by atoms with van der Waals surface area (Å²) in [7, 11) is 0. The predicted molar refractivity (Wildman–Crippen MR) is 49.1 cm³/mol. The van der Waals surface area contributed by atoms with Gasteiger partial charge in [-0.15, -0.1) is 0 Å². The number of hydrogen-bond donors (Lipinski definition) is 0. The molecule has 1 heterocycles. The minimum atomic E-state index is -2.84. The standard InChI is InChI=1S/C8H5Cl2F2NO/c1-3-5(9)2-4(7(10)14)6(13-3)8(11)12/h2,8H,1H3. The van der Waals surface area contributed by atoms with E-state index in [0.717, 1.165) is 6.07 Å². The minimum Gasteiger partial charge on any atom is -0.276 e. The molecule has 0 radical (unpaired) electrons. The Morgan fingerprint density at radius 1 is 1.57 bits per heavy atom. The first-order valence-electron chi connectivity index (χ1n) is 3.58. The molecule has 0 aliphatic carbocycles. The molecule has 14 heavy (non-hydrogen) atoms. The molecule has 0 N–H and O–H groups in total. The van der Waals surface area contributed by atoms with Gasteiger partial charge in [0.2, 0.25) is 0 Å². The maximum absolute atomic E-state index is 12.4. The molecule has 1 aromatic heterocycles. The van der Waals surface area contributed by atoms with Crippen molar-refractivity contribution in [3.8, 4) is 0 Å². The Morgan fingerprint density at radius 3 is 2.57 bits per heavy atom. The lowest BCUT2D eigenvalue weighted by molar-refractivity contribution is 0.106. The number of alkyl halides is 2. The van der Waals surface area contributed by atoms with E-state index < -0.39 is 17.4 Å². The molecule has 1 rings (SSSR count). The van der Waals surface area contributed by atoms with E-state index in [1.165, 1.54) is 6.92 Å². The quantitative estimate of drug-likeness (QED) is 0.742. The van der Waals surface area contributed by atoms with Crippen LogP contribution in [0.3, 0.4) is 0 Å². The molecule has 0 atom stereocenters. The Balaban J connectivity index is 3.39. The first-order chi connectivity index (χ1) is 6.43. The molecule has 6 heteroatoms. The molecule has 1 aromatic rings. The number of carbonyl (C=O) groups excluding carboxylic acids is 1. The number of halogens is 4. The fourth-order valence-electron chi connectivity index (χ4n) is 0.923. The van der Waals surface area contributed by atoms with Crippen molar-refractivity contribution in [2.75, 3.05) is 0 Å². The molecular weight excluding hydrogens is 235 g/mol. The molecule has 0 unspecified atom stereocenters. The van der Waals surface area contributed by atoms with Crippen LogP contribution in [0.2, 0.25) is 5.02 Å². The van der Waals surface area contributed by atoms with E-state index in [0.29, 0.717) is 0 Å². The molecule has 0 aliphatic rings. The zero-order valence-corrected chi connectivity index (χ0v) is 8.53. The molecule has 0 saturated carbocycles. The van der Waals surface area contributed by atoms with Crippen LogP contribution in [-0.4, -0.2) is 10.2 Å². The molecule has 2 nitrogen and oxygen atoms in total. The molecule has 76 valence electrons. The van der Waals surface area contributed by atoms with E-state index in [9.17, 15) is 13.6 Å². The summed E-state index contributed by atoms with van der Waals surface area (Å²) in [6.45, 7) is 1.47. The zero-order chi connectivity index (χ0) is 10.9. The van der Waals surface area contributed by atoms with E-state index in [-0.39, 0.29) is 16.3 Å². The van der Waals surface area contributed by atoms with Crippen molar-refractivity contribution in [1.82, 2.24) is 4.98 Å². The maximum Gasteiger partial charge on any atom is 0.281 e. The lowest BCUT2D eigenvalue weighted by atomic mass is 10.2. The zero-order valence-electron chi connectivity index (χ0n) is 7.02. The SMILES string of the molecule is Cc1nc(C(F)F)c(C(=O)Cl)cc1Cl. The van der Waals surface area contributed by atoms with Gasteiger partial charge in [-0.1, -0.05) is 11.6 Å². The monoisotopic (exact) mass is 239 g/mol. The third kappa shape index (κ3) is 2.19. The number of pyridine rings is 1. The van der Waals surface area contributed by atoms with E-state index in [2.05, 4.69) is 4.98 Å². The van der Waals surface area contributed by atoms with E-state index >= 15 is 0 Å². The van der Waals surface area contributed by atoms with Crippen LogP contribution < -0.4 is 0 Å². The number of nitrogens with zero attached hydrogens (tertiary/aromatic N) is 1. The van der Waals surface area contributed by atoms with Crippen LogP contribution in [0.25, 0.3) is 0 Å². The van der Waals surface area contributed by atoms with Crippen molar-refractivity contribution in [3.05, 3.63) is 28.0 Å². The molecule has 0 bridgehead atoms. The third-order valence-electron chi connectivity index (χ3n) is 1.60. The Morgan fingerprint density at radius 2 is 2.14 bits per heavy atom. The van der Waals surface area contributed by atoms with Crippen molar-refractivity contribution in [2.45, 2.75) is 13.3 Å². The molecule has 0 saturated heterocycles. The molecule has 0 amide bonds. The molecule has 0 fully saturated rings. The predicted octanol–water partition coefficient (Wildman–Crippen LogP) is 3.36. The topological polar surface area (TPSA) is 30.0 Å². The number of hydrogen-bond acceptors (Lipinski definition) is 2. The Hall–Kier alpha value is -0.740. The van der Waals surface area contributed by atoms with Gasteiger partial charge in [0, 0.05) is 0 Å². The highest BCUT2D eigenvalue weighted by atomic mass is 35.5. The summed E-state index contributed by atoms with van der Waals surface area (Å²) in [6.07, 6.45) is -2.84. The number of rotatable bonds is 2. The Bertz CT molecular complexity index is 382. The summed E-state index contributed by atoms with van der Waals surface area (Å²) in [4.78, 5) is 14.3. The van der Waals surface area contributed by atoms with Gasteiger partial charge in [0.25, 0.3) is 11.7 Å². The van der Waals surface area contributed by atoms with E-state index in [1.54, 1.807) is 0 Å². The van der Waals surface area contributed by atoms with Gasteiger partial charge in [-0.05, 0) is 24.6 Å². The first-order valence-corrected chi connectivity index (χ1v) is 4.34. The van der Waals surface area contributed by atoms with Crippen molar-refractivity contribution >= 4 is 28.4 Å². The highest BCUT2D eigenvalue weighted by Crippen LogP contribution is 2.26. The van der Waals surface area contributed by atoms with Crippen LogP contribution in [0, 0.1) is 6.92 Å². The van der Waals surface area contributed by atoms with Gasteiger partial charge in [0.05, 0.1) is 16.3 Å². The van der Waals surface area contributed by atoms with Crippen LogP contribution in [0.1, 0.15) is 28.2 Å². The van der Waals surface area contributed by atoms with Crippen LogP contribution in [0.5, 0.6) is 0 Å². The van der Waals surface area contributed by atoms with Crippen molar-refractivity contribution in [2.24, 2.45) is 0 Å². The van der Waals surface area contributed by atoms with Gasteiger partial charge in [-0.3, -0.25) is 4.79 Å². The van der Waals surface area contributed by atoms with Gasteiger partial charge < -0.3 is 0 Å². The summed E-state index contributed by atoms with van der Waals surface area (Å²) in [5.41, 5.74) is -0.743. The molecule has 0 aromatic carbocycles. The van der Waals surface area contributed by atoms with E-state index in [4.69, 9.17) is 23.2 Å². The normalized spacial score (nSPS) is 10.7. The molecule has 0 spiro atoms. The summed E-state index contributed by atoms with van der Waals surface area (Å²) in [5.74, 6) is 0. The average molecular weight is 240 g/mol. The largest absolute Gasteiger partial charge is 0.281 e. The maximum atomic E-state index is 12.4. The van der Waals surface area contributed by atoms with Crippen LogP contribution in [0.4, 0.5) is 8.78 Å². The van der Waals surface area contributed by atoms with Crippen LogP contribution in [0.15, 0.2) is 6.07 Å².